The second kappa shape index (κ2) is 5.87. The third-order valence-corrected chi connectivity index (χ3v) is 6.08. The number of hydrogen-bond acceptors (Lipinski definition) is 0. The van der Waals surface area contributed by atoms with Crippen molar-refractivity contribution in [1.29, 1.82) is 0 Å². The van der Waals surface area contributed by atoms with E-state index in [1.54, 1.807) is 27.8 Å². The predicted molar refractivity (Wildman–Crippen MR) is 96.5 cm³/mol. The second-order valence-corrected chi connectivity index (χ2v) is 8.44. The average molecular weight is 296 g/mol. The fourth-order valence-corrected chi connectivity index (χ4v) is 4.95. The SMILES string of the molecule is CCCCc1cc(C)c2c(c1)CC(C)(C)C1CCC(C)=CC21. The standard InChI is InChI=1S/C22H32/c1-6-7-8-17-12-16(3)21-18(13-17)14-22(4,5)20-10-9-15(2)11-19(20)21/h11-13,19-20H,6-10,14H2,1-5H3. The van der Waals surface area contributed by atoms with Crippen molar-refractivity contribution >= 4 is 0 Å². The summed E-state index contributed by atoms with van der Waals surface area (Å²) in [4.78, 5) is 0. The minimum absolute atomic E-state index is 0.435. The molecule has 0 amide bonds. The summed E-state index contributed by atoms with van der Waals surface area (Å²) in [5.41, 5.74) is 8.44. The Labute approximate surface area is 137 Å². The van der Waals surface area contributed by atoms with Crippen molar-refractivity contribution in [3.63, 3.8) is 0 Å². The van der Waals surface area contributed by atoms with Crippen LogP contribution in [-0.4, -0.2) is 0 Å². The van der Waals surface area contributed by atoms with Crippen LogP contribution >= 0.6 is 0 Å². The molecule has 0 saturated heterocycles. The van der Waals surface area contributed by atoms with Gasteiger partial charge in [-0.3, -0.25) is 0 Å². The molecule has 120 valence electrons. The molecule has 0 saturated carbocycles. The van der Waals surface area contributed by atoms with Crippen LogP contribution in [0.1, 0.15) is 81.5 Å². The van der Waals surface area contributed by atoms with E-state index in [0.717, 1.165) is 5.92 Å². The molecule has 0 spiro atoms. The van der Waals surface area contributed by atoms with E-state index in [1.165, 1.54) is 38.5 Å². The molecule has 3 rings (SSSR count). The molecule has 0 heterocycles. The third kappa shape index (κ3) is 2.77. The second-order valence-electron chi connectivity index (χ2n) is 8.44. The molecule has 0 bridgehead atoms. The van der Waals surface area contributed by atoms with E-state index in [0.29, 0.717) is 11.3 Å². The van der Waals surface area contributed by atoms with Gasteiger partial charge < -0.3 is 0 Å². The maximum atomic E-state index is 2.59. The first kappa shape index (κ1) is 15.8. The number of hydrogen-bond donors (Lipinski definition) is 0. The Bertz CT molecular complexity index is 588. The zero-order valence-electron chi connectivity index (χ0n) is 15.1. The maximum absolute atomic E-state index is 2.59. The minimum Gasteiger partial charge on any atom is -0.0778 e. The Morgan fingerprint density at radius 1 is 1.18 bits per heavy atom. The van der Waals surface area contributed by atoms with Crippen molar-refractivity contribution in [1.82, 2.24) is 0 Å². The quantitative estimate of drug-likeness (QED) is 0.569. The molecule has 2 aliphatic carbocycles. The van der Waals surface area contributed by atoms with E-state index >= 15 is 0 Å². The summed E-state index contributed by atoms with van der Waals surface area (Å²) in [5, 5.41) is 0. The van der Waals surface area contributed by atoms with E-state index in [1.807, 2.05) is 0 Å². The van der Waals surface area contributed by atoms with Crippen LogP contribution in [0.3, 0.4) is 0 Å². The summed E-state index contributed by atoms with van der Waals surface area (Å²) in [5.74, 6) is 1.48. The smallest absolute Gasteiger partial charge is 0.00595 e. The van der Waals surface area contributed by atoms with E-state index < -0.39 is 0 Å². The zero-order chi connectivity index (χ0) is 15.9. The van der Waals surface area contributed by atoms with Gasteiger partial charge in [0.2, 0.25) is 0 Å². The Morgan fingerprint density at radius 3 is 2.68 bits per heavy atom. The van der Waals surface area contributed by atoms with Gasteiger partial charge in [-0.2, -0.15) is 0 Å². The lowest BCUT2D eigenvalue weighted by Crippen LogP contribution is -2.37. The van der Waals surface area contributed by atoms with Gasteiger partial charge in [-0.05, 0) is 79.5 Å². The maximum Gasteiger partial charge on any atom is 0.00595 e. The number of allylic oxidation sites excluding steroid dienone is 2. The first-order valence-corrected chi connectivity index (χ1v) is 9.22. The normalized spacial score (nSPS) is 26.1. The van der Waals surface area contributed by atoms with Crippen molar-refractivity contribution in [3.8, 4) is 0 Å². The molecule has 0 aromatic heterocycles. The Hall–Kier alpha value is -1.04. The van der Waals surface area contributed by atoms with Crippen LogP contribution in [0.2, 0.25) is 0 Å². The summed E-state index contributed by atoms with van der Waals surface area (Å²) in [6.07, 6.45) is 10.4. The highest BCUT2D eigenvalue weighted by atomic mass is 14.5. The van der Waals surface area contributed by atoms with Gasteiger partial charge in [0.15, 0.2) is 0 Å². The molecule has 22 heavy (non-hydrogen) atoms. The topological polar surface area (TPSA) is 0 Å². The number of unbranched alkanes of at least 4 members (excludes halogenated alkanes) is 1. The van der Waals surface area contributed by atoms with Gasteiger partial charge in [0.25, 0.3) is 0 Å². The highest BCUT2D eigenvalue weighted by Crippen LogP contribution is 2.53. The number of rotatable bonds is 3. The van der Waals surface area contributed by atoms with Crippen molar-refractivity contribution in [2.75, 3.05) is 0 Å². The van der Waals surface area contributed by atoms with Crippen molar-refractivity contribution in [2.24, 2.45) is 11.3 Å². The van der Waals surface area contributed by atoms with Crippen LogP contribution in [0, 0.1) is 18.3 Å². The fourth-order valence-electron chi connectivity index (χ4n) is 4.95. The Morgan fingerprint density at radius 2 is 1.95 bits per heavy atom. The lowest BCUT2D eigenvalue weighted by Gasteiger charge is -2.47. The molecule has 0 aliphatic heterocycles. The van der Waals surface area contributed by atoms with Crippen LogP contribution in [0.5, 0.6) is 0 Å². The predicted octanol–water partition coefficient (Wildman–Crippen LogP) is 6.36. The lowest BCUT2D eigenvalue weighted by atomic mass is 9.57. The van der Waals surface area contributed by atoms with Gasteiger partial charge in [-0.25, -0.2) is 0 Å². The molecule has 2 unspecified atom stereocenters. The Kier molecular flexibility index (Phi) is 4.23. The molecule has 2 aliphatic rings. The highest BCUT2D eigenvalue weighted by molar-refractivity contribution is 5.47. The summed E-state index contributed by atoms with van der Waals surface area (Å²) in [6.45, 7) is 11.9. The summed E-state index contributed by atoms with van der Waals surface area (Å²) < 4.78 is 0. The molecule has 1 aromatic rings. The number of benzene rings is 1. The minimum atomic E-state index is 0.435. The van der Waals surface area contributed by atoms with Gasteiger partial charge in [-0.15, -0.1) is 0 Å². The van der Waals surface area contributed by atoms with Gasteiger partial charge in [0.05, 0.1) is 0 Å². The molecule has 0 heteroatoms. The number of aryl methyl sites for hydroxylation is 2. The van der Waals surface area contributed by atoms with Gasteiger partial charge >= 0.3 is 0 Å². The summed E-state index contributed by atoms with van der Waals surface area (Å²) >= 11 is 0. The Balaban J connectivity index is 2.06. The van der Waals surface area contributed by atoms with Gasteiger partial charge in [0.1, 0.15) is 0 Å². The molecule has 0 nitrogen and oxygen atoms in total. The fraction of sp³-hybridized carbons (Fsp3) is 0.636. The van der Waals surface area contributed by atoms with E-state index in [-0.39, 0.29) is 0 Å². The zero-order valence-corrected chi connectivity index (χ0v) is 15.1. The van der Waals surface area contributed by atoms with Crippen LogP contribution in [0.4, 0.5) is 0 Å². The molecule has 0 radical (unpaired) electrons. The highest BCUT2D eigenvalue weighted by Gasteiger charge is 2.42. The van der Waals surface area contributed by atoms with Crippen LogP contribution in [0.25, 0.3) is 0 Å². The van der Waals surface area contributed by atoms with Crippen LogP contribution < -0.4 is 0 Å². The molecular weight excluding hydrogens is 264 g/mol. The van der Waals surface area contributed by atoms with Crippen molar-refractivity contribution in [2.45, 2.75) is 79.1 Å². The van der Waals surface area contributed by atoms with E-state index in [2.05, 4.69) is 52.8 Å². The third-order valence-electron chi connectivity index (χ3n) is 6.08. The molecule has 0 N–H and O–H groups in total. The first-order valence-electron chi connectivity index (χ1n) is 9.22. The van der Waals surface area contributed by atoms with E-state index in [4.69, 9.17) is 0 Å². The monoisotopic (exact) mass is 296 g/mol. The lowest BCUT2D eigenvalue weighted by molar-refractivity contribution is 0.157. The van der Waals surface area contributed by atoms with Crippen molar-refractivity contribution in [3.05, 3.63) is 46.0 Å². The van der Waals surface area contributed by atoms with Crippen molar-refractivity contribution < 1.29 is 0 Å². The molecule has 2 atom stereocenters. The van der Waals surface area contributed by atoms with Crippen LogP contribution in [0.15, 0.2) is 23.8 Å². The van der Waals surface area contributed by atoms with Gasteiger partial charge in [0, 0.05) is 5.92 Å². The largest absolute Gasteiger partial charge is 0.0778 e. The number of fused-ring (bicyclic) bond motifs is 3. The summed E-state index contributed by atoms with van der Waals surface area (Å²) in [6, 6.07) is 5.01. The van der Waals surface area contributed by atoms with Crippen LogP contribution in [-0.2, 0) is 12.8 Å². The van der Waals surface area contributed by atoms with E-state index in [9.17, 15) is 0 Å². The average Bonchev–Trinajstić information content (AvgIpc) is 2.43. The summed E-state index contributed by atoms with van der Waals surface area (Å²) in [7, 11) is 0. The van der Waals surface area contributed by atoms with Gasteiger partial charge in [-0.1, -0.05) is 51.0 Å². The first-order chi connectivity index (χ1) is 10.4. The molecule has 0 fully saturated rings. The molecule has 1 aromatic carbocycles. The molecular formula is C22H32.